The van der Waals surface area contributed by atoms with Gasteiger partial charge in [0, 0.05) is 6.04 Å². The monoisotopic (exact) mass is 279 g/mol. The van der Waals surface area contributed by atoms with E-state index in [1.54, 1.807) is 19.1 Å². The van der Waals surface area contributed by atoms with Gasteiger partial charge in [0.25, 0.3) is 0 Å². The van der Waals surface area contributed by atoms with Gasteiger partial charge in [-0.1, -0.05) is 20.8 Å². The molecular formula is C17H26FNO. The van der Waals surface area contributed by atoms with Gasteiger partial charge in [-0.05, 0) is 61.9 Å². The standard InChI is InChI=1S/C17H26FNO/c1-5-19-16-9-11(2)8-13(4)17(16)20-14-6-7-15(18)12(3)10-14/h6-7,10-11,13,16-17,19H,5,8-9H2,1-4H3. The van der Waals surface area contributed by atoms with Crippen molar-refractivity contribution in [3.63, 3.8) is 0 Å². The summed E-state index contributed by atoms with van der Waals surface area (Å²) in [6, 6.07) is 5.39. The summed E-state index contributed by atoms with van der Waals surface area (Å²) >= 11 is 0. The smallest absolute Gasteiger partial charge is 0.126 e. The van der Waals surface area contributed by atoms with E-state index in [4.69, 9.17) is 4.74 Å². The number of nitrogens with one attached hydrogen (secondary N) is 1. The molecule has 1 N–H and O–H groups in total. The molecule has 0 heterocycles. The van der Waals surface area contributed by atoms with Crippen molar-refractivity contribution in [3.05, 3.63) is 29.6 Å². The van der Waals surface area contributed by atoms with Gasteiger partial charge in [0.05, 0.1) is 0 Å². The molecule has 2 rings (SSSR count). The van der Waals surface area contributed by atoms with Crippen LogP contribution in [0.25, 0.3) is 0 Å². The first-order chi connectivity index (χ1) is 9.51. The molecule has 20 heavy (non-hydrogen) atoms. The molecule has 1 saturated carbocycles. The van der Waals surface area contributed by atoms with E-state index in [1.807, 2.05) is 0 Å². The van der Waals surface area contributed by atoms with Gasteiger partial charge < -0.3 is 10.1 Å². The molecule has 1 aliphatic rings. The molecule has 0 saturated heterocycles. The normalized spacial score (nSPS) is 30.2. The van der Waals surface area contributed by atoms with Crippen LogP contribution < -0.4 is 10.1 Å². The van der Waals surface area contributed by atoms with Gasteiger partial charge >= 0.3 is 0 Å². The second-order valence-electron chi connectivity index (χ2n) is 6.21. The van der Waals surface area contributed by atoms with Gasteiger partial charge in [-0.2, -0.15) is 0 Å². The number of halogens is 1. The first kappa shape index (κ1) is 15.3. The Morgan fingerprint density at radius 1 is 1.30 bits per heavy atom. The van der Waals surface area contributed by atoms with E-state index in [0.717, 1.165) is 24.6 Å². The molecule has 0 amide bonds. The number of hydrogen-bond donors (Lipinski definition) is 1. The SMILES string of the molecule is CCNC1CC(C)CC(C)C1Oc1ccc(F)c(C)c1. The van der Waals surface area contributed by atoms with Crippen molar-refractivity contribution in [3.8, 4) is 5.75 Å². The molecule has 0 bridgehead atoms. The molecular weight excluding hydrogens is 253 g/mol. The summed E-state index contributed by atoms with van der Waals surface area (Å²) in [5.41, 5.74) is 0.638. The second kappa shape index (κ2) is 6.57. The molecule has 1 aromatic carbocycles. The van der Waals surface area contributed by atoms with E-state index in [0.29, 0.717) is 17.5 Å². The minimum Gasteiger partial charge on any atom is -0.489 e. The lowest BCUT2D eigenvalue weighted by molar-refractivity contribution is 0.0482. The minimum absolute atomic E-state index is 0.163. The number of hydrogen-bond acceptors (Lipinski definition) is 2. The van der Waals surface area contributed by atoms with Crippen LogP contribution in [0.4, 0.5) is 4.39 Å². The first-order valence-electron chi connectivity index (χ1n) is 7.67. The molecule has 2 nitrogen and oxygen atoms in total. The molecule has 0 radical (unpaired) electrons. The van der Waals surface area contributed by atoms with Gasteiger partial charge in [-0.3, -0.25) is 0 Å². The molecule has 1 aromatic rings. The fourth-order valence-corrected chi connectivity index (χ4v) is 3.34. The third-order valence-electron chi connectivity index (χ3n) is 4.26. The Morgan fingerprint density at radius 3 is 2.70 bits per heavy atom. The quantitative estimate of drug-likeness (QED) is 0.902. The van der Waals surface area contributed by atoms with Gasteiger partial charge in [0.1, 0.15) is 17.7 Å². The Balaban J connectivity index is 2.13. The van der Waals surface area contributed by atoms with Crippen LogP contribution in [0.5, 0.6) is 5.75 Å². The molecule has 4 unspecified atom stereocenters. The van der Waals surface area contributed by atoms with Crippen LogP contribution in [-0.4, -0.2) is 18.7 Å². The second-order valence-corrected chi connectivity index (χ2v) is 6.21. The number of ether oxygens (including phenoxy) is 1. The highest BCUT2D eigenvalue weighted by Crippen LogP contribution is 2.32. The molecule has 112 valence electrons. The Morgan fingerprint density at radius 2 is 2.05 bits per heavy atom. The summed E-state index contributed by atoms with van der Waals surface area (Å²) in [5, 5.41) is 3.54. The number of aryl methyl sites for hydroxylation is 1. The maximum absolute atomic E-state index is 13.3. The predicted octanol–water partition coefficient (Wildman–Crippen LogP) is 3.93. The summed E-state index contributed by atoms with van der Waals surface area (Å²) in [6.45, 7) is 9.41. The van der Waals surface area contributed by atoms with Crippen molar-refractivity contribution in [1.29, 1.82) is 0 Å². The van der Waals surface area contributed by atoms with E-state index in [1.165, 1.54) is 12.5 Å². The molecule has 0 aliphatic heterocycles. The Kier molecular flexibility index (Phi) is 5.03. The largest absolute Gasteiger partial charge is 0.489 e. The van der Waals surface area contributed by atoms with Crippen molar-refractivity contribution in [2.75, 3.05) is 6.54 Å². The summed E-state index contributed by atoms with van der Waals surface area (Å²) in [6.07, 6.45) is 2.49. The Labute approximate surface area is 121 Å². The van der Waals surface area contributed by atoms with Crippen molar-refractivity contribution in [2.24, 2.45) is 11.8 Å². The average molecular weight is 279 g/mol. The predicted molar refractivity (Wildman–Crippen MR) is 80.6 cm³/mol. The minimum atomic E-state index is -0.175. The highest BCUT2D eigenvalue weighted by atomic mass is 19.1. The topological polar surface area (TPSA) is 21.3 Å². The highest BCUT2D eigenvalue weighted by molar-refractivity contribution is 5.29. The van der Waals surface area contributed by atoms with Gasteiger partial charge in [-0.15, -0.1) is 0 Å². The summed E-state index contributed by atoms with van der Waals surface area (Å²) in [7, 11) is 0. The van der Waals surface area contributed by atoms with Gasteiger partial charge in [0.15, 0.2) is 0 Å². The van der Waals surface area contributed by atoms with Crippen molar-refractivity contribution < 1.29 is 9.13 Å². The zero-order valence-corrected chi connectivity index (χ0v) is 12.9. The number of benzene rings is 1. The maximum Gasteiger partial charge on any atom is 0.126 e. The van der Waals surface area contributed by atoms with Crippen LogP contribution in [-0.2, 0) is 0 Å². The van der Waals surface area contributed by atoms with Crippen LogP contribution >= 0.6 is 0 Å². The first-order valence-corrected chi connectivity index (χ1v) is 7.67. The highest BCUT2D eigenvalue weighted by Gasteiger charge is 2.35. The van der Waals surface area contributed by atoms with Crippen LogP contribution in [0.1, 0.15) is 39.2 Å². The van der Waals surface area contributed by atoms with E-state index in [-0.39, 0.29) is 11.9 Å². The van der Waals surface area contributed by atoms with Crippen molar-refractivity contribution in [1.82, 2.24) is 5.32 Å². The van der Waals surface area contributed by atoms with Crippen LogP contribution in [0.3, 0.4) is 0 Å². The molecule has 0 aromatic heterocycles. The van der Waals surface area contributed by atoms with E-state index in [2.05, 4.69) is 26.1 Å². The zero-order valence-electron chi connectivity index (χ0n) is 12.9. The summed E-state index contributed by atoms with van der Waals surface area (Å²) < 4.78 is 19.5. The molecule has 3 heteroatoms. The fourth-order valence-electron chi connectivity index (χ4n) is 3.34. The van der Waals surface area contributed by atoms with E-state index in [9.17, 15) is 4.39 Å². The van der Waals surface area contributed by atoms with Gasteiger partial charge in [-0.25, -0.2) is 4.39 Å². The average Bonchev–Trinajstić information content (AvgIpc) is 2.38. The van der Waals surface area contributed by atoms with E-state index < -0.39 is 0 Å². The van der Waals surface area contributed by atoms with Crippen LogP contribution in [0, 0.1) is 24.6 Å². The molecule has 0 spiro atoms. The molecule has 1 fully saturated rings. The molecule has 4 atom stereocenters. The third kappa shape index (κ3) is 3.51. The Hall–Kier alpha value is -1.09. The van der Waals surface area contributed by atoms with Crippen molar-refractivity contribution in [2.45, 2.75) is 52.7 Å². The van der Waals surface area contributed by atoms with Crippen LogP contribution in [0.15, 0.2) is 18.2 Å². The molecule has 1 aliphatic carbocycles. The lowest BCUT2D eigenvalue weighted by Crippen LogP contribution is -2.50. The lowest BCUT2D eigenvalue weighted by atomic mass is 9.78. The number of rotatable bonds is 4. The Bertz CT molecular complexity index is 449. The van der Waals surface area contributed by atoms with Gasteiger partial charge in [0.2, 0.25) is 0 Å². The van der Waals surface area contributed by atoms with E-state index >= 15 is 0 Å². The summed E-state index contributed by atoms with van der Waals surface area (Å²) in [4.78, 5) is 0. The lowest BCUT2D eigenvalue weighted by Gasteiger charge is -2.40. The van der Waals surface area contributed by atoms with Crippen LogP contribution in [0.2, 0.25) is 0 Å². The fraction of sp³-hybridized carbons (Fsp3) is 0.647. The maximum atomic E-state index is 13.3. The third-order valence-corrected chi connectivity index (χ3v) is 4.26. The zero-order chi connectivity index (χ0) is 14.7. The van der Waals surface area contributed by atoms with Crippen molar-refractivity contribution >= 4 is 0 Å². The summed E-state index contributed by atoms with van der Waals surface area (Å²) in [5.74, 6) is 1.83. The number of likely N-dealkylation sites (N-methyl/N-ethyl adjacent to an activating group) is 1.